The third-order valence-electron chi connectivity index (χ3n) is 3.71. The summed E-state index contributed by atoms with van der Waals surface area (Å²) in [6.45, 7) is 6.32. The zero-order valence-electron chi connectivity index (χ0n) is 11.3. The van der Waals surface area contributed by atoms with E-state index in [2.05, 4.69) is 10.3 Å². The molecule has 1 aliphatic rings. The molecule has 4 N–H and O–H groups in total. The SMILES string of the molecule is Cc1oc(C(=O)NN)cc1CN1CCC(O)C(C)C1. The summed E-state index contributed by atoms with van der Waals surface area (Å²) in [5.41, 5.74) is 3.05. The van der Waals surface area contributed by atoms with Crippen LogP contribution >= 0.6 is 0 Å². The second-order valence-electron chi connectivity index (χ2n) is 5.23. The van der Waals surface area contributed by atoms with Gasteiger partial charge in [-0.2, -0.15) is 0 Å². The summed E-state index contributed by atoms with van der Waals surface area (Å²) in [6, 6.07) is 1.73. The molecular weight excluding hydrogens is 246 g/mol. The average Bonchev–Trinajstić information content (AvgIpc) is 2.74. The molecule has 2 unspecified atom stereocenters. The lowest BCUT2D eigenvalue weighted by molar-refractivity contribution is 0.0319. The predicted molar refractivity (Wildman–Crippen MR) is 70.2 cm³/mol. The molecule has 0 aliphatic carbocycles. The number of nitrogens with one attached hydrogen (secondary N) is 1. The Morgan fingerprint density at radius 2 is 2.42 bits per heavy atom. The summed E-state index contributed by atoms with van der Waals surface area (Å²) in [5, 5.41) is 9.71. The lowest BCUT2D eigenvalue weighted by Crippen LogP contribution is -2.41. The highest BCUT2D eigenvalue weighted by molar-refractivity contribution is 5.91. The molecule has 0 saturated carbocycles. The van der Waals surface area contributed by atoms with Crippen LogP contribution in [0.2, 0.25) is 0 Å². The van der Waals surface area contributed by atoms with Gasteiger partial charge in [0.15, 0.2) is 5.76 Å². The van der Waals surface area contributed by atoms with E-state index >= 15 is 0 Å². The van der Waals surface area contributed by atoms with Crippen LogP contribution in [0.5, 0.6) is 0 Å². The maximum Gasteiger partial charge on any atom is 0.300 e. The molecule has 2 heterocycles. The van der Waals surface area contributed by atoms with E-state index in [1.165, 1.54) is 0 Å². The van der Waals surface area contributed by atoms with E-state index in [1.807, 2.05) is 13.8 Å². The van der Waals surface area contributed by atoms with Crippen molar-refractivity contribution in [1.82, 2.24) is 10.3 Å². The third kappa shape index (κ3) is 3.15. The van der Waals surface area contributed by atoms with Gasteiger partial charge >= 0.3 is 5.91 Å². The molecule has 1 aromatic heterocycles. The number of nitrogens with two attached hydrogens (primary N) is 1. The Hall–Kier alpha value is -1.37. The largest absolute Gasteiger partial charge is 0.456 e. The van der Waals surface area contributed by atoms with Crippen molar-refractivity contribution in [3.63, 3.8) is 0 Å². The molecular formula is C13H21N3O3. The normalized spacial score (nSPS) is 24.4. The second kappa shape index (κ2) is 5.73. The highest BCUT2D eigenvalue weighted by Gasteiger charge is 2.25. The first kappa shape index (κ1) is 14.0. The van der Waals surface area contributed by atoms with Gasteiger partial charge in [-0.1, -0.05) is 6.92 Å². The van der Waals surface area contributed by atoms with Crippen molar-refractivity contribution >= 4 is 5.91 Å². The summed E-state index contributed by atoms with van der Waals surface area (Å²) in [6.07, 6.45) is 0.578. The van der Waals surface area contributed by atoms with Crippen molar-refractivity contribution < 1.29 is 14.3 Å². The van der Waals surface area contributed by atoms with Crippen molar-refractivity contribution in [2.45, 2.75) is 32.9 Å². The fourth-order valence-corrected chi connectivity index (χ4v) is 2.46. The number of hydrogen-bond donors (Lipinski definition) is 3. The smallest absolute Gasteiger partial charge is 0.300 e. The monoisotopic (exact) mass is 267 g/mol. The van der Waals surface area contributed by atoms with Gasteiger partial charge in [-0.15, -0.1) is 0 Å². The minimum Gasteiger partial charge on any atom is -0.456 e. The number of likely N-dealkylation sites (tertiary alicyclic amines) is 1. The van der Waals surface area contributed by atoms with Gasteiger partial charge in [-0.3, -0.25) is 15.1 Å². The van der Waals surface area contributed by atoms with E-state index in [9.17, 15) is 9.90 Å². The number of hydrogen-bond acceptors (Lipinski definition) is 5. The molecule has 2 atom stereocenters. The number of aryl methyl sites for hydroxylation is 1. The predicted octanol–water partition coefficient (Wildman–Crippen LogP) is 0.394. The lowest BCUT2D eigenvalue weighted by Gasteiger charge is -2.34. The summed E-state index contributed by atoms with van der Waals surface area (Å²) < 4.78 is 5.39. The number of rotatable bonds is 3. The van der Waals surface area contributed by atoms with Crippen LogP contribution in [0.25, 0.3) is 0 Å². The second-order valence-corrected chi connectivity index (χ2v) is 5.23. The molecule has 1 fully saturated rings. The number of furan rings is 1. The van der Waals surface area contributed by atoms with Crippen LogP contribution < -0.4 is 11.3 Å². The third-order valence-corrected chi connectivity index (χ3v) is 3.71. The summed E-state index contributed by atoms with van der Waals surface area (Å²) in [5.74, 6) is 5.90. The van der Waals surface area contributed by atoms with Crippen LogP contribution in [0.3, 0.4) is 0 Å². The Morgan fingerprint density at radius 3 is 3.05 bits per heavy atom. The van der Waals surface area contributed by atoms with Crippen LogP contribution in [0, 0.1) is 12.8 Å². The molecule has 1 amide bonds. The zero-order chi connectivity index (χ0) is 14.0. The van der Waals surface area contributed by atoms with Crippen LogP contribution in [-0.4, -0.2) is 35.1 Å². The molecule has 1 aromatic rings. The van der Waals surface area contributed by atoms with Gasteiger partial charge in [0, 0.05) is 25.2 Å². The van der Waals surface area contributed by atoms with Crippen molar-refractivity contribution in [2.24, 2.45) is 11.8 Å². The van der Waals surface area contributed by atoms with Gasteiger partial charge in [-0.25, -0.2) is 5.84 Å². The van der Waals surface area contributed by atoms with E-state index in [-0.39, 0.29) is 17.8 Å². The van der Waals surface area contributed by atoms with Gasteiger partial charge in [0.25, 0.3) is 0 Å². The number of aliphatic hydroxyl groups excluding tert-OH is 1. The number of nitrogens with zero attached hydrogens (tertiary/aromatic N) is 1. The number of piperidine rings is 1. The number of aliphatic hydroxyl groups is 1. The summed E-state index contributed by atoms with van der Waals surface area (Å²) >= 11 is 0. The van der Waals surface area contributed by atoms with Gasteiger partial charge in [0.1, 0.15) is 5.76 Å². The van der Waals surface area contributed by atoms with E-state index < -0.39 is 5.91 Å². The van der Waals surface area contributed by atoms with E-state index in [0.717, 1.165) is 37.4 Å². The maximum absolute atomic E-state index is 11.4. The molecule has 6 heteroatoms. The van der Waals surface area contributed by atoms with Crippen molar-refractivity contribution in [1.29, 1.82) is 0 Å². The van der Waals surface area contributed by atoms with Crippen LogP contribution in [0.15, 0.2) is 10.5 Å². The number of hydrazine groups is 1. The van der Waals surface area contributed by atoms with Crippen molar-refractivity contribution in [3.8, 4) is 0 Å². The quantitative estimate of drug-likeness (QED) is 0.419. The summed E-state index contributed by atoms with van der Waals surface area (Å²) in [4.78, 5) is 13.7. The molecule has 1 saturated heterocycles. The molecule has 19 heavy (non-hydrogen) atoms. The van der Waals surface area contributed by atoms with Crippen molar-refractivity contribution in [3.05, 3.63) is 23.2 Å². The van der Waals surface area contributed by atoms with E-state index in [0.29, 0.717) is 0 Å². The lowest BCUT2D eigenvalue weighted by atomic mass is 9.96. The number of amides is 1. The van der Waals surface area contributed by atoms with Crippen molar-refractivity contribution in [2.75, 3.05) is 13.1 Å². The Kier molecular flexibility index (Phi) is 4.24. The Morgan fingerprint density at radius 1 is 1.68 bits per heavy atom. The number of nitrogen functional groups attached to an aromatic ring is 1. The highest BCUT2D eigenvalue weighted by Crippen LogP contribution is 2.21. The first-order valence-electron chi connectivity index (χ1n) is 6.52. The molecule has 0 aromatic carbocycles. The standard InChI is InChI=1S/C13H21N3O3/c1-8-6-16(4-3-11(8)17)7-10-5-12(13(18)15-14)19-9(10)2/h5,8,11,17H,3-4,6-7,14H2,1-2H3,(H,15,18). The van der Waals surface area contributed by atoms with Crippen LogP contribution in [0.1, 0.15) is 35.2 Å². The van der Waals surface area contributed by atoms with Crippen LogP contribution in [-0.2, 0) is 6.54 Å². The fraction of sp³-hybridized carbons (Fsp3) is 0.615. The minimum atomic E-state index is -0.420. The zero-order valence-corrected chi connectivity index (χ0v) is 11.3. The van der Waals surface area contributed by atoms with Gasteiger partial charge < -0.3 is 9.52 Å². The first-order valence-corrected chi connectivity index (χ1v) is 6.52. The number of carbonyl (C=O) groups excluding carboxylic acids is 1. The Labute approximate surface area is 112 Å². The van der Waals surface area contributed by atoms with Gasteiger partial charge in [-0.05, 0) is 25.3 Å². The minimum absolute atomic E-state index is 0.208. The molecule has 0 radical (unpaired) electrons. The molecule has 106 valence electrons. The van der Waals surface area contributed by atoms with E-state index in [4.69, 9.17) is 10.3 Å². The molecule has 6 nitrogen and oxygen atoms in total. The highest BCUT2D eigenvalue weighted by atomic mass is 16.4. The fourth-order valence-electron chi connectivity index (χ4n) is 2.46. The average molecular weight is 267 g/mol. The molecule has 2 rings (SSSR count). The summed E-state index contributed by atoms with van der Waals surface area (Å²) in [7, 11) is 0. The maximum atomic E-state index is 11.4. The molecule has 1 aliphatic heterocycles. The van der Waals surface area contributed by atoms with Gasteiger partial charge in [0.2, 0.25) is 0 Å². The molecule has 0 bridgehead atoms. The topological polar surface area (TPSA) is 91.7 Å². The van der Waals surface area contributed by atoms with Gasteiger partial charge in [0.05, 0.1) is 6.10 Å². The molecule has 0 spiro atoms. The van der Waals surface area contributed by atoms with E-state index in [1.54, 1.807) is 6.07 Å². The van der Waals surface area contributed by atoms with Crippen LogP contribution in [0.4, 0.5) is 0 Å². The Bertz CT molecular complexity index is 458. The number of carbonyl (C=O) groups is 1. The Balaban J connectivity index is 2.03. The first-order chi connectivity index (χ1) is 9.01.